The average Bonchev–Trinajstić information content (AvgIpc) is 3.19. The summed E-state index contributed by atoms with van der Waals surface area (Å²) in [5.41, 5.74) is 4.16. The van der Waals surface area contributed by atoms with Gasteiger partial charge < -0.3 is 13.1 Å². The Bertz CT molecular complexity index is 1450. The third kappa shape index (κ3) is 3.36. The highest BCUT2D eigenvalue weighted by molar-refractivity contribution is 7.39. The van der Waals surface area contributed by atoms with Crippen molar-refractivity contribution in [2.75, 3.05) is 24.9 Å². The van der Waals surface area contributed by atoms with Crippen LogP contribution in [0.2, 0.25) is 0 Å². The van der Waals surface area contributed by atoms with Gasteiger partial charge in [0, 0.05) is 30.5 Å². The molecule has 5 heteroatoms. The molecule has 0 amide bonds. The summed E-state index contributed by atoms with van der Waals surface area (Å²) >= 11 is 0. The van der Waals surface area contributed by atoms with E-state index in [2.05, 4.69) is 79.2 Å². The van der Waals surface area contributed by atoms with E-state index in [0.717, 1.165) is 52.5 Å². The van der Waals surface area contributed by atoms with Crippen molar-refractivity contribution in [2.45, 2.75) is 32.7 Å². The quantitative estimate of drug-likeness (QED) is 0.275. The summed E-state index contributed by atoms with van der Waals surface area (Å²) in [6.45, 7) is 5.96. The van der Waals surface area contributed by atoms with Crippen molar-refractivity contribution in [3.05, 3.63) is 71.8 Å². The van der Waals surface area contributed by atoms with E-state index in [0.29, 0.717) is 12.6 Å². The van der Waals surface area contributed by atoms with Crippen molar-refractivity contribution >= 4 is 51.6 Å². The van der Waals surface area contributed by atoms with Gasteiger partial charge in [-0.05, 0) is 71.5 Å². The molecule has 0 unspecified atom stereocenters. The minimum Gasteiger partial charge on any atom is -0.407 e. The fourth-order valence-corrected chi connectivity index (χ4v) is 7.13. The van der Waals surface area contributed by atoms with Gasteiger partial charge in [-0.25, -0.2) is 0 Å². The summed E-state index contributed by atoms with van der Waals surface area (Å²) in [4.78, 5) is 0. The van der Waals surface area contributed by atoms with Crippen LogP contribution < -0.4 is 4.67 Å². The van der Waals surface area contributed by atoms with Gasteiger partial charge in [-0.15, -0.1) is 0 Å². The fourth-order valence-electron chi connectivity index (χ4n) is 5.35. The van der Waals surface area contributed by atoms with Crippen LogP contribution in [-0.4, -0.2) is 26.3 Å². The van der Waals surface area contributed by atoms with E-state index in [9.17, 15) is 0 Å². The molecule has 0 N–H and O–H groups in total. The molecule has 1 aliphatic rings. The highest BCUT2D eigenvalue weighted by Gasteiger charge is 2.30. The van der Waals surface area contributed by atoms with Gasteiger partial charge in [0.1, 0.15) is 11.2 Å². The molecule has 0 aliphatic carbocycles. The zero-order valence-electron chi connectivity index (χ0n) is 19.3. The first-order valence-corrected chi connectivity index (χ1v) is 12.8. The van der Waals surface area contributed by atoms with Crippen molar-refractivity contribution in [1.29, 1.82) is 0 Å². The summed E-state index contributed by atoms with van der Waals surface area (Å²) < 4.78 is 21.6. The first-order chi connectivity index (χ1) is 16.2. The van der Waals surface area contributed by atoms with E-state index in [1.165, 1.54) is 21.5 Å². The number of aryl methyl sites for hydroxylation is 2. The molecule has 1 saturated heterocycles. The zero-order chi connectivity index (χ0) is 22.5. The van der Waals surface area contributed by atoms with Gasteiger partial charge in [-0.3, -0.25) is 0 Å². The highest BCUT2D eigenvalue weighted by atomic mass is 31.1. The average molecular weight is 458 g/mol. The van der Waals surface area contributed by atoms with E-state index < -0.39 is 8.16 Å². The second kappa shape index (κ2) is 8.22. The van der Waals surface area contributed by atoms with Crippen LogP contribution in [0.15, 0.2) is 69.1 Å². The van der Waals surface area contributed by atoms with Gasteiger partial charge >= 0.3 is 8.16 Å². The molecular formula is C28H28NO3P. The lowest BCUT2D eigenvalue weighted by Crippen LogP contribution is -2.30. The second-order valence-electron chi connectivity index (χ2n) is 9.07. The van der Waals surface area contributed by atoms with Crippen LogP contribution in [0.3, 0.4) is 0 Å². The smallest absolute Gasteiger partial charge is 0.310 e. The van der Waals surface area contributed by atoms with Crippen molar-refractivity contribution in [1.82, 2.24) is 0 Å². The Morgan fingerprint density at radius 1 is 0.879 bits per heavy atom. The monoisotopic (exact) mass is 457 g/mol. The SMILES string of the molecule is COC[C@@H]1CCCN1p1oc2c(C)cc3ccccc3c2c2c(o1)c(C)cc1ccccc12. The number of rotatable bonds is 3. The number of hydrogen-bond acceptors (Lipinski definition) is 4. The van der Waals surface area contributed by atoms with Gasteiger partial charge in [-0.2, -0.15) is 4.67 Å². The van der Waals surface area contributed by atoms with Crippen LogP contribution >= 0.6 is 8.16 Å². The molecule has 168 valence electrons. The third-order valence-corrected chi connectivity index (χ3v) is 8.50. The molecule has 0 bridgehead atoms. The van der Waals surface area contributed by atoms with Crippen molar-refractivity contribution < 1.29 is 13.1 Å². The number of fused-ring (bicyclic) bond motifs is 7. The summed E-state index contributed by atoms with van der Waals surface area (Å²) in [5.74, 6) is 0. The number of ether oxygens (including phenoxy) is 1. The van der Waals surface area contributed by atoms with Crippen molar-refractivity contribution in [3.8, 4) is 0 Å². The van der Waals surface area contributed by atoms with E-state index in [1.54, 1.807) is 7.11 Å². The van der Waals surface area contributed by atoms with E-state index >= 15 is 0 Å². The van der Waals surface area contributed by atoms with Crippen LogP contribution in [0.25, 0.3) is 43.5 Å². The molecule has 1 aromatic heterocycles. The van der Waals surface area contributed by atoms with Gasteiger partial charge in [0.05, 0.1) is 6.61 Å². The number of methoxy groups -OCH3 is 1. The van der Waals surface area contributed by atoms with Crippen molar-refractivity contribution in [2.24, 2.45) is 0 Å². The van der Waals surface area contributed by atoms with E-state index in [4.69, 9.17) is 13.1 Å². The Hall–Kier alpha value is -2.78. The molecule has 6 rings (SSSR count). The number of hydrogen-bond donors (Lipinski definition) is 0. The molecule has 5 aromatic rings. The van der Waals surface area contributed by atoms with Gasteiger partial charge in [0.25, 0.3) is 0 Å². The molecule has 1 atom stereocenters. The minimum atomic E-state index is -1.31. The predicted octanol–water partition coefficient (Wildman–Crippen LogP) is 7.96. The topological polar surface area (TPSA) is 38.8 Å². The van der Waals surface area contributed by atoms with Crippen molar-refractivity contribution in [3.63, 3.8) is 0 Å². The normalized spacial score (nSPS) is 17.0. The Morgan fingerprint density at radius 3 is 1.97 bits per heavy atom. The van der Waals surface area contributed by atoms with E-state index in [1.807, 2.05) is 0 Å². The number of benzene rings is 4. The van der Waals surface area contributed by atoms with Gasteiger partial charge in [-0.1, -0.05) is 48.5 Å². The summed E-state index contributed by atoms with van der Waals surface area (Å²) in [6, 6.07) is 22.0. The maximum absolute atomic E-state index is 6.86. The summed E-state index contributed by atoms with van der Waals surface area (Å²) in [6.07, 6.45) is 2.24. The number of nitrogens with zero attached hydrogens (tertiary/aromatic N) is 1. The standard InChI is InChI=1S/C28H28NO3P/c1-18-15-20-9-4-6-12-23(20)25-26-24-13-7-5-10-21(24)16-19(2)28(26)32-33(31-27(18)25)29-14-8-11-22(29)17-30-3/h4-7,9-10,12-13,15-16,22H,8,11,14,17H2,1-3H3/t22-/m0/s1. The summed E-state index contributed by atoms with van der Waals surface area (Å²) in [5, 5.41) is 7.13. The Balaban J connectivity index is 1.85. The maximum Gasteiger partial charge on any atom is 0.310 e. The van der Waals surface area contributed by atoms with Crippen LogP contribution in [0.1, 0.15) is 24.0 Å². The largest absolute Gasteiger partial charge is 0.407 e. The third-order valence-electron chi connectivity index (χ3n) is 6.88. The summed E-state index contributed by atoms with van der Waals surface area (Å²) in [7, 11) is 0.460. The molecule has 2 heterocycles. The predicted molar refractivity (Wildman–Crippen MR) is 139 cm³/mol. The molecule has 33 heavy (non-hydrogen) atoms. The Labute approximate surface area is 194 Å². The first kappa shape index (κ1) is 20.8. The fraction of sp³-hybridized carbons (Fsp3) is 0.286. The lowest BCUT2D eigenvalue weighted by Gasteiger charge is -2.20. The van der Waals surface area contributed by atoms with E-state index in [-0.39, 0.29) is 0 Å². The highest BCUT2D eigenvalue weighted by Crippen LogP contribution is 2.45. The molecule has 4 aromatic carbocycles. The molecule has 1 fully saturated rings. The first-order valence-electron chi connectivity index (χ1n) is 11.6. The van der Waals surface area contributed by atoms with Crippen LogP contribution in [0.4, 0.5) is 0 Å². The van der Waals surface area contributed by atoms with Gasteiger partial charge in [0.2, 0.25) is 0 Å². The van der Waals surface area contributed by atoms with Crippen LogP contribution in [0.5, 0.6) is 0 Å². The molecule has 0 spiro atoms. The van der Waals surface area contributed by atoms with Crippen LogP contribution in [0, 0.1) is 13.8 Å². The minimum absolute atomic E-state index is 0.313. The Morgan fingerprint density at radius 2 is 1.42 bits per heavy atom. The molecule has 0 saturated carbocycles. The zero-order valence-corrected chi connectivity index (χ0v) is 20.2. The molecule has 0 radical (unpaired) electrons. The Kier molecular flexibility index (Phi) is 5.18. The second-order valence-corrected chi connectivity index (χ2v) is 10.4. The maximum atomic E-state index is 6.86. The molecular weight excluding hydrogens is 429 g/mol. The lowest BCUT2D eigenvalue weighted by molar-refractivity contribution is 0.182. The molecule has 1 aliphatic heterocycles. The molecule has 4 nitrogen and oxygen atoms in total. The van der Waals surface area contributed by atoms with Crippen LogP contribution in [-0.2, 0) is 4.74 Å². The van der Waals surface area contributed by atoms with Gasteiger partial charge in [0.15, 0.2) is 0 Å². The lowest BCUT2D eigenvalue weighted by atomic mass is 9.95.